The number of rotatable bonds is 7. The molecule has 4 fully saturated rings. The van der Waals surface area contributed by atoms with Gasteiger partial charge in [-0.05, 0) is 69.1 Å². The zero-order valence-electron chi connectivity index (χ0n) is 13.1. The topological polar surface area (TPSA) is 63.6 Å². The summed E-state index contributed by atoms with van der Waals surface area (Å²) in [5.41, 5.74) is -0.314. The number of carbonyl (C=O) groups is 1. The Morgan fingerprint density at radius 2 is 1.65 bits per heavy atom. The van der Waals surface area contributed by atoms with E-state index in [-0.39, 0.29) is 24.4 Å². The fraction of sp³-hybridized carbons (Fsp3) is 0.938. The van der Waals surface area contributed by atoms with Crippen molar-refractivity contribution in [2.75, 3.05) is 6.61 Å². The Morgan fingerprint density at radius 3 is 2.13 bits per heavy atom. The van der Waals surface area contributed by atoms with Crippen LogP contribution in [-0.2, 0) is 20.6 Å². The van der Waals surface area contributed by atoms with Crippen molar-refractivity contribution in [3.63, 3.8) is 0 Å². The Labute approximate surface area is 137 Å². The number of hydrogen-bond acceptors (Lipinski definition) is 3. The number of unbranched alkanes of at least 4 members (excludes halogenated alkanes) is 1. The summed E-state index contributed by atoms with van der Waals surface area (Å²) in [5, 5.41) is -3.58. The van der Waals surface area contributed by atoms with Gasteiger partial charge in [0.25, 0.3) is 0 Å². The number of ether oxygens (including phenoxy) is 1. The summed E-state index contributed by atoms with van der Waals surface area (Å²) in [6, 6.07) is 0. The Hall–Kier alpha value is -0.560. The minimum Gasteiger partial charge on any atom is -0.465 e. The highest BCUT2D eigenvalue weighted by Gasteiger charge is 2.55. The lowest BCUT2D eigenvalue weighted by Crippen LogP contribution is -2.50. The molecule has 0 spiro atoms. The monoisotopic (exact) mass is 350 g/mol. The summed E-state index contributed by atoms with van der Waals surface area (Å²) in [4.78, 5) is 12.5. The van der Waals surface area contributed by atoms with Crippen molar-refractivity contribution in [1.82, 2.24) is 0 Å². The number of hydrogen-bond donors (Lipinski definition) is 1. The third-order valence-electron chi connectivity index (χ3n) is 5.82. The van der Waals surface area contributed by atoms with Crippen LogP contribution in [0.15, 0.2) is 0 Å². The summed E-state index contributed by atoms with van der Waals surface area (Å²) >= 11 is -3.14. The molecule has 4 nitrogen and oxygen atoms in total. The molecule has 1 N–H and O–H groups in total. The number of carbonyl (C=O) groups excluding carboxylic acids is 1. The molecule has 0 heterocycles. The lowest BCUT2D eigenvalue weighted by Gasteiger charge is -2.55. The van der Waals surface area contributed by atoms with E-state index in [1.807, 2.05) is 0 Å². The van der Waals surface area contributed by atoms with Crippen LogP contribution in [0, 0.1) is 23.2 Å². The third-order valence-corrected chi connectivity index (χ3v) is 6.54. The molecule has 0 radical (unpaired) electrons. The zero-order valence-corrected chi connectivity index (χ0v) is 14.0. The van der Waals surface area contributed by atoms with Crippen LogP contribution in [0.4, 0.5) is 8.78 Å². The molecule has 132 valence electrons. The highest BCUT2D eigenvalue weighted by atomic mass is 32.2. The molecule has 0 aromatic heterocycles. The van der Waals surface area contributed by atoms with Gasteiger partial charge in [-0.15, -0.1) is 0 Å². The predicted octanol–water partition coefficient (Wildman–Crippen LogP) is 3.73. The van der Waals surface area contributed by atoms with Gasteiger partial charge in [0.15, 0.2) is 0 Å². The summed E-state index contributed by atoms with van der Waals surface area (Å²) in [7, 11) is 0. The maximum atomic E-state index is 13.0. The van der Waals surface area contributed by atoms with E-state index in [1.165, 1.54) is 19.3 Å². The molecule has 23 heavy (non-hydrogen) atoms. The quantitative estimate of drug-likeness (QED) is 0.432. The van der Waals surface area contributed by atoms with Gasteiger partial charge in [-0.1, -0.05) is 0 Å². The molecule has 7 heteroatoms. The van der Waals surface area contributed by atoms with Crippen molar-refractivity contribution in [1.29, 1.82) is 0 Å². The van der Waals surface area contributed by atoms with Crippen molar-refractivity contribution in [3.05, 3.63) is 0 Å². The average molecular weight is 350 g/mol. The zero-order chi connectivity index (χ0) is 16.7. The molecular weight excluding hydrogens is 326 g/mol. The van der Waals surface area contributed by atoms with Crippen LogP contribution in [0.1, 0.15) is 57.8 Å². The SMILES string of the molecule is O=C(OCCCCC(F)(F)S(=O)O)C12CC3CC(CC(C3)C1)C2. The second-order valence-corrected chi connectivity index (χ2v) is 8.77. The van der Waals surface area contributed by atoms with Crippen LogP contribution in [0.3, 0.4) is 0 Å². The van der Waals surface area contributed by atoms with Crippen molar-refractivity contribution in [2.24, 2.45) is 23.2 Å². The van der Waals surface area contributed by atoms with E-state index in [1.54, 1.807) is 0 Å². The summed E-state index contributed by atoms with van der Waals surface area (Å²) in [6.07, 6.45) is 6.24. The first kappa shape index (κ1) is 17.3. The minimum absolute atomic E-state index is 0.0630. The molecule has 0 amide bonds. The molecule has 4 saturated carbocycles. The van der Waals surface area contributed by atoms with Gasteiger partial charge in [0, 0.05) is 6.42 Å². The number of halogens is 2. The van der Waals surface area contributed by atoms with E-state index in [0.717, 1.165) is 19.3 Å². The summed E-state index contributed by atoms with van der Waals surface area (Å²) < 4.78 is 50.2. The molecule has 4 bridgehead atoms. The fourth-order valence-electron chi connectivity index (χ4n) is 5.20. The van der Waals surface area contributed by atoms with Gasteiger partial charge in [0.05, 0.1) is 12.0 Å². The molecule has 0 aromatic rings. The number of esters is 1. The maximum absolute atomic E-state index is 13.0. The van der Waals surface area contributed by atoms with Crippen LogP contribution in [0.2, 0.25) is 0 Å². The van der Waals surface area contributed by atoms with Crippen LogP contribution in [0.5, 0.6) is 0 Å². The maximum Gasteiger partial charge on any atom is 0.345 e. The van der Waals surface area contributed by atoms with E-state index in [0.29, 0.717) is 24.2 Å². The van der Waals surface area contributed by atoms with E-state index < -0.39 is 22.8 Å². The minimum atomic E-state index is -3.58. The third kappa shape index (κ3) is 3.60. The van der Waals surface area contributed by atoms with Gasteiger partial charge in [-0.3, -0.25) is 4.79 Å². The first-order valence-electron chi connectivity index (χ1n) is 8.47. The number of alkyl halides is 2. The largest absolute Gasteiger partial charge is 0.465 e. The predicted molar refractivity (Wildman–Crippen MR) is 81.1 cm³/mol. The Balaban J connectivity index is 1.43. The highest BCUT2D eigenvalue weighted by Crippen LogP contribution is 2.60. The Kier molecular flexibility index (Phi) is 4.80. The van der Waals surface area contributed by atoms with Gasteiger partial charge in [0.2, 0.25) is 11.1 Å². The van der Waals surface area contributed by atoms with Gasteiger partial charge in [-0.2, -0.15) is 8.78 Å². The lowest BCUT2D eigenvalue weighted by molar-refractivity contribution is -0.171. The van der Waals surface area contributed by atoms with E-state index in [4.69, 9.17) is 9.29 Å². The summed E-state index contributed by atoms with van der Waals surface area (Å²) in [5.74, 6) is 1.83. The first-order valence-corrected chi connectivity index (χ1v) is 9.57. The standard InChI is InChI=1S/C16H24F2O4S/c17-16(18,23(20)21)3-1-2-4-22-14(19)15-8-11-5-12(9-15)7-13(6-11)10-15/h11-13H,1-10H2,(H,20,21). The van der Waals surface area contributed by atoms with E-state index in [9.17, 15) is 17.8 Å². The lowest BCUT2D eigenvalue weighted by atomic mass is 9.49. The van der Waals surface area contributed by atoms with Gasteiger partial charge in [-0.25, -0.2) is 4.21 Å². The van der Waals surface area contributed by atoms with Crippen molar-refractivity contribution >= 4 is 17.0 Å². The van der Waals surface area contributed by atoms with Crippen molar-refractivity contribution < 1.29 is 27.1 Å². The molecule has 0 aromatic carbocycles. The molecule has 0 saturated heterocycles. The van der Waals surface area contributed by atoms with Gasteiger partial charge in [0.1, 0.15) is 0 Å². The molecular formula is C16H24F2O4S. The van der Waals surface area contributed by atoms with Gasteiger partial charge < -0.3 is 9.29 Å². The van der Waals surface area contributed by atoms with Crippen LogP contribution in [0.25, 0.3) is 0 Å². The van der Waals surface area contributed by atoms with E-state index >= 15 is 0 Å². The van der Waals surface area contributed by atoms with Crippen LogP contribution in [-0.4, -0.2) is 26.6 Å². The smallest absolute Gasteiger partial charge is 0.345 e. The first-order chi connectivity index (χ1) is 10.8. The van der Waals surface area contributed by atoms with Crippen LogP contribution >= 0.6 is 0 Å². The van der Waals surface area contributed by atoms with Crippen molar-refractivity contribution in [3.8, 4) is 0 Å². The highest BCUT2D eigenvalue weighted by molar-refractivity contribution is 7.80. The average Bonchev–Trinajstić information content (AvgIpc) is 2.45. The molecule has 4 aliphatic carbocycles. The molecule has 1 unspecified atom stereocenters. The second kappa shape index (κ2) is 6.39. The van der Waals surface area contributed by atoms with E-state index in [2.05, 4.69) is 0 Å². The normalized spacial score (nSPS) is 36.9. The van der Waals surface area contributed by atoms with Crippen LogP contribution < -0.4 is 0 Å². The molecule has 0 aliphatic heterocycles. The fourth-order valence-corrected chi connectivity index (χ4v) is 5.52. The molecule has 1 atom stereocenters. The Bertz CT molecular complexity index is 459. The Morgan fingerprint density at radius 1 is 1.13 bits per heavy atom. The van der Waals surface area contributed by atoms with Gasteiger partial charge >= 0.3 is 11.2 Å². The van der Waals surface area contributed by atoms with Crippen molar-refractivity contribution in [2.45, 2.75) is 63.0 Å². The summed E-state index contributed by atoms with van der Waals surface area (Å²) in [6.45, 7) is 0.120. The molecule has 4 aliphatic rings. The molecule has 4 rings (SSSR count). The second-order valence-electron chi connectivity index (χ2n) is 7.68.